The molecule has 4 N–H and O–H groups in total. The second kappa shape index (κ2) is 10.5. The quantitative estimate of drug-likeness (QED) is 0.359. The number of benzene rings is 1. The van der Waals surface area contributed by atoms with E-state index in [9.17, 15) is 10.2 Å². The maximum absolute atomic E-state index is 10.7. The van der Waals surface area contributed by atoms with Gasteiger partial charge in [0.2, 0.25) is 0 Å². The van der Waals surface area contributed by atoms with Crippen LogP contribution in [0.25, 0.3) is 11.0 Å². The van der Waals surface area contributed by atoms with Crippen LogP contribution in [-0.2, 0) is 6.42 Å². The van der Waals surface area contributed by atoms with Gasteiger partial charge in [-0.1, -0.05) is 30.3 Å². The van der Waals surface area contributed by atoms with Crippen molar-refractivity contribution in [1.29, 1.82) is 0 Å². The van der Waals surface area contributed by atoms with Crippen LogP contribution < -0.4 is 10.6 Å². The van der Waals surface area contributed by atoms with Gasteiger partial charge >= 0.3 is 0 Å². The molecular formula is C23H31N5O2S. The van der Waals surface area contributed by atoms with E-state index in [-0.39, 0.29) is 12.0 Å². The third-order valence-electron chi connectivity index (χ3n) is 6.06. The highest BCUT2D eigenvalue weighted by Gasteiger charge is 2.42. The van der Waals surface area contributed by atoms with E-state index >= 15 is 0 Å². The third-order valence-corrected chi connectivity index (χ3v) is 7.22. The Morgan fingerprint density at radius 3 is 2.74 bits per heavy atom. The maximum Gasteiger partial charge on any atom is 0.145 e. The van der Waals surface area contributed by atoms with Gasteiger partial charge in [-0.3, -0.25) is 0 Å². The summed E-state index contributed by atoms with van der Waals surface area (Å²) in [5, 5.41) is 28.8. The van der Waals surface area contributed by atoms with Crippen molar-refractivity contribution in [2.75, 3.05) is 37.0 Å². The lowest BCUT2D eigenvalue weighted by Crippen LogP contribution is -2.30. The predicted molar refractivity (Wildman–Crippen MR) is 127 cm³/mol. The number of hydrogen-bond acceptors (Lipinski definition) is 7. The van der Waals surface area contributed by atoms with E-state index in [1.807, 2.05) is 41.7 Å². The van der Waals surface area contributed by atoms with Crippen LogP contribution >= 0.6 is 11.8 Å². The van der Waals surface area contributed by atoms with Gasteiger partial charge in [-0.05, 0) is 42.7 Å². The summed E-state index contributed by atoms with van der Waals surface area (Å²) >= 11 is 1.83. The molecular weight excluding hydrogens is 410 g/mol. The number of thioether (sulfide) groups is 1. The molecule has 0 unspecified atom stereocenters. The summed E-state index contributed by atoms with van der Waals surface area (Å²) in [6, 6.07) is 12.3. The highest BCUT2D eigenvalue weighted by Crippen LogP contribution is 2.39. The molecule has 166 valence electrons. The first-order valence-corrected chi connectivity index (χ1v) is 12.0. The molecule has 7 nitrogen and oxygen atoms in total. The number of hydrogen-bond donors (Lipinski definition) is 4. The van der Waals surface area contributed by atoms with Crippen molar-refractivity contribution >= 4 is 28.6 Å². The summed E-state index contributed by atoms with van der Waals surface area (Å²) in [4.78, 5) is 8.66. The third kappa shape index (κ3) is 5.03. The normalized spacial score (nSPS) is 23.5. The van der Waals surface area contributed by atoms with Gasteiger partial charge in [-0.2, -0.15) is 11.8 Å². The first kappa shape index (κ1) is 22.1. The van der Waals surface area contributed by atoms with Crippen molar-refractivity contribution in [1.82, 2.24) is 19.9 Å². The van der Waals surface area contributed by atoms with Crippen molar-refractivity contribution in [3.05, 3.63) is 54.5 Å². The van der Waals surface area contributed by atoms with E-state index < -0.39 is 12.2 Å². The Kier molecular flexibility index (Phi) is 7.45. The second-order valence-electron chi connectivity index (χ2n) is 8.04. The molecule has 4 rings (SSSR count). The first-order valence-electron chi connectivity index (χ1n) is 10.9. The van der Waals surface area contributed by atoms with E-state index in [2.05, 4.69) is 44.9 Å². The van der Waals surface area contributed by atoms with E-state index in [1.54, 1.807) is 0 Å². The fourth-order valence-electron chi connectivity index (χ4n) is 4.36. The molecule has 2 aromatic heterocycles. The lowest BCUT2D eigenvalue weighted by atomic mass is 10.1. The molecule has 1 aliphatic carbocycles. The average molecular weight is 442 g/mol. The number of nitrogens with zero attached hydrogens (tertiary/aromatic N) is 3. The maximum atomic E-state index is 10.7. The zero-order valence-electron chi connectivity index (χ0n) is 17.8. The molecule has 0 aliphatic heterocycles. The van der Waals surface area contributed by atoms with Crippen molar-refractivity contribution in [3.63, 3.8) is 0 Å². The summed E-state index contributed by atoms with van der Waals surface area (Å²) in [5.74, 6) is 2.66. The van der Waals surface area contributed by atoms with Crippen molar-refractivity contribution < 1.29 is 10.2 Å². The molecule has 1 aromatic carbocycles. The van der Waals surface area contributed by atoms with Crippen molar-refractivity contribution in [2.45, 2.75) is 31.1 Å². The van der Waals surface area contributed by atoms with Gasteiger partial charge in [0, 0.05) is 25.5 Å². The Bertz CT molecular complexity index is 967. The number of anilines is 1. The van der Waals surface area contributed by atoms with Crippen LogP contribution in [0.1, 0.15) is 18.0 Å². The van der Waals surface area contributed by atoms with E-state index in [0.717, 1.165) is 54.3 Å². The fraction of sp³-hybridized carbons (Fsp3) is 0.478. The summed E-state index contributed by atoms with van der Waals surface area (Å²) in [6.07, 6.45) is 3.72. The molecule has 2 heterocycles. The minimum absolute atomic E-state index is 0.0670. The van der Waals surface area contributed by atoms with E-state index in [1.165, 1.54) is 11.9 Å². The minimum atomic E-state index is -0.793. The summed E-state index contributed by atoms with van der Waals surface area (Å²) < 4.78 is 1.99. The lowest BCUT2D eigenvalue weighted by molar-refractivity contribution is 0.0104. The van der Waals surface area contributed by atoms with Crippen LogP contribution in [-0.4, -0.2) is 68.6 Å². The van der Waals surface area contributed by atoms with Gasteiger partial charge in [0.05, 0.1) is 17.5 Å². The van der Waals surface area contributed by atoms with Crippen molar-refractivity contribution in [3.8, 4) is 0 Å². The molecule has 1 fully saturated rings. The monoisotopic (exact) mass is 441 g/mol. The molecule has 0 amide bonds. The predicted octanol–water partition coefficient (Wildman–Crippen LogP) is 2.32. The zero-order chi connectivity index (χ0) is 21.6. The average Bonchev–Trinajstić information content (AvgIpc) is 3.35. The Labute approximate surface area is 187 Å². The summed E-state index contributed by atoms with van der Waals surface area (Å²) in [6.45, 7) is 1.91. The minimum Gasteiger partial charge on any atom is -0.390 e. The van der Waals surface area contributed by atoms with Crippen LogP contribution in [0.2, 0.25) is 0 Å². The highest BCUT2D eigenvalue weighted by atomic mass is 32.2. The van der Waals surface area contributed by atoms with Crippen LogP contribution in [0.4, 0.5) is 5.82 Å². The molecule has 0 spiro atoms. The largest absolute Gasteiger partial charge is 0.390 e. The van der Waals surface area contributed by atoms with E-state index in [4.69, 9.17) is 0 Å². The van der Waals surface area contributed by atoms with Gasteiger partial charge in [0.15, 0.2) is 0 Å². The Balaban J connectivity index is 1.25. The van der Waals surface area contributed by atoms with Crippen molar-refractivity contribution in [2.24, 2.45) is 5.92 Å². The van der Waals surface area contributed by atoms with Gasteiger partial charge < -0.3 is 25.4 Å². The molecule has 1 saturated carbocycles. The first-order chi connectivity index (χ1) is 15.2. The number of aromatic nitrogens is 3. The molecule has 0 radical (unpaired) electrons. The van der Waals surface area contributed by atoms with Crippen LogP contribution in [0.5, 0.6) is 0 Å². The van der Waals surface area contributed by atoms with Crippen LogP contribution in [0.15, 0.2) is 48.9 Å². The second-order valence-corrected chi connectivity index (χ2v) is 9.19. The Morgan fingerprint density at radius 1 is 1.10 bits per heavy atom. The van der Waals surface area contributed by atoms with E-state index in [0.29, 0.717) is 0 Å². The Morgan fingerprint density at radius 2 is 1.94 bits per heavy atom. The summed E-state index contributed by atoms with van der Waals surface area (Å²) in [7, 11) is 1.83. The Hall–Kier alpha value is -2.13. The molecule has 0 saturated heterocycles. The lowest BCUT2D eigenvalue weighted by Gasteiger charge is -2.19. The number of fused-ring (bicyclic) bond motifs is 1. The highest BCUT2D eigenvalue weighted by molar-refractivity contribution is 7.99. The SMILES string of the molecule is CNc1ncnc2c1ccn2[C@@H]1C[C@H](CSCCNCCc2ccccc2)[C@@H](O)[C@H]1O. The number of aliphatic hydroxyl groups excluding tert-OH is 2. The standard InChI is InChI=1S/C23H31N5O2S/c1-24-22-18-8-11-28(23(18)27-15-26-22)19-13-17(20(29)21(19)30)14-31-12-10-25-9-7-16-5-3-2-4-6-16/h2-6,8,11,15,17,19-21,25,29-30H,7,9-10,12-14H2,1H3,(H,24,26,27)/t17-,19-,20-,21+/m1/s1. The summed E-state index contributed by atoms with van der Waals surface area (Å²) in [5.41, 5.74) is 2.13. The smallest absolute Gasteiger partial charge is 0.145 e. The van der Waals surface area contributed by atoms with Crippen LogP contribution in [0, 0.1) is 5.92 Å². The fourth-order valence-corrected chi connectivity index (χ4v) is 5.45. The molecule has 31 heavy (non-hydrogen) atoms. The van der Waals surface area contributed by atoms with Gasteiger partial charge in [-0.15, -0.1) is 0 Å². The zero-order valence-corrected chi connectivity index (χ0v) is 18.6. The molecule has 3 aromatic rings. The molecule has 4 atom stereocenters. The molecule has 8 heteroatoms. The molecule has 0 bridgehead atoms. The van der Waals surface area contributed by atoms with Gasteiger partial charge in [0.25, 0.3) is 0 Å². The van der Waals surface area contributed by atoms with Crippen LogP contribution in [0.3, 0.4) is 0 Å². The van der Waals surface area contributed by atoms with Gasteiger partial charge in [0.1, 0.15) is 23.9 Å². The van der Waals surface area contributed by atoms with Gasteiger partial charge in [-0.25, -0.2) is 9.97 Å². The number of rotatable bonds is 10. The number of nitrogens with one attached hydrogen (secondary N) is 2. The number of aliphatic hydroxyl groups is 2. The topological polar surface area (TPSA) is 95.2 Å². The molecule has 1 aliphatic rings.